The van der Waals surface area contributed by atoms with Crippen molar-refractivity contribution in [2.24, 2.45) is 0 Å². The molecule has 0 saturated carbocycles. The highest BCUT2D eigenvalue weighted by molar-refractivity contribution is 6.15. The number of aryl methyl sites for hydroxylation is 2. The van der Waals surface area contributed by atoms with Crippen molar-refractivity contribution >= 4 is 22.9 Å². The second-order valence-corrected chi connectivity index (χ2v) is 9.10. The molecule has 0 radical (unpaired) electrons. The molecule has 4 aromatic rings. The van der Waals surface area contributed by atoms with Crippen molar-refractivity contribution in [1.29, 1.82) is 10.5 Å². The molecule has 0 fully saturated rings. The molecule has 0 aromatic heterocycles. The lowest BCUT2D eigenvalue weighted by Crippen LogP contribution is -2.20. The maximum absolute atomic E-state index is 13.7. The molecule has 0 bridgehead atoms. The van der Waals surface area contributed by atoms with Gasteiger partial charge in [-0.05, 0) is 38.1 Å². The monoisotopic (exact) mass is 522 g/mol. The summed E-state index contributed by atoms with van der Waals surface area (Å²) in [5.41, 5.74) is 3.29. The Hall–Kier alpha value is -5.72. The molecule has 0 heterocycles. The predicted octanol–water partition coefficient (Wildman–Crippen LogP) is 7.15. The standard InChI is InChI=1S/C34H26N4O2/c1-23-13-17-27(18-14-23)37-31(29(21-35)33(39)25-9-5-3-6-10-25)32(38-28-19-15-24(2)16-20-28)30(22-36)34(40)26-11-7-4-8-12-26/h3-20,37-38H,1-2H3/b31-29+,32-30+. The molecule has 0 spiro atoms. The summed E-state index contributed by atoms with van der Waals surface area (Å²) in [5, 5.41) is 27.0. The molecular weight excluding hydrogens is 496 g/mol. The molecule has 4 rings (SSSR count). The first-order chi connectivity index (χ1) is 19.4. The van der Waals surface area contributed by atoms with Gasteiger partial charge in [-0.3, -0.25) is 9.59 Å². The minimum absolute atomic E-state index is 0.0154. The number of Topliss-reactive ketones (excluding diaryl/α,β-unsaturated/α-hetero) is 2. The van der Waals surface area contributed by atoms with E-state index in [1.165, 1.54) is 0 Å². The summed E-state index contributed by atoms with van der Waals surface area (Å²) >= 11 is 0. The minimum atomic E-state index is -0.551. The van der Waals surface area contributed by atoms with E-state index < -0.39 is 11.6 Å². The first kappa shape index (κ1) is 27.3. The zero-order valence-electron chi connectivity index (χ0n) is 22.1. The molecule has 0 saturated heterocycles. The van der Waals surface area contributed by atoms with Gasteiger partial charge in [0.25, 0.3) is 0 Å². The molecule has 2 N–H and O–H groups in total. The lowest BCUT2D eigenvalue weighted by atomic mass is 9.96. The van der Waals surface area contributed by atoms with Crippen LogP contribution in [0.1, 0.15) is 31.8 Å². The molecule has 194 valence electrons. The normalized spacial score (nSPS) is 11.7. The number of anilines is 2. The van der Waals surface area contributed by atoms with Crippen LogP contribution in [-0.2, 0) is 0 Å². The second kappa shape index (κ2) is 12.7. The Kier molecular flexibility index (Phi) is 8.67. The van der Waals surface area contributed by atoms with Gasteiger partial charge in [-0.1, -0.05) is 96.1 Å². The number of hydrogen-bond donors (Lipinski definition) is 2. The van der Waals surface area contributed by atoms with E-state index in [0.717, 1.165) is 11.1 Å². The summed E-state index contributed by atoms with van der Waals surface area (Å²) in [5.74, 6) is -1.10. The highest BCUT2D eigenvalue weighted by Crippen LogP contribution is 2.28. The number of nitrogens with zero attached hydrogens (tertiary/aromatic N) is 2. The van der Waals surface area contributed by atoms with Gasteiger partial charge in [0.1, 0.15) is 23.3 Å². The zero-order chi connectivity index (χ0) is 28.5. The fourth-order valence-electron chi connectivity index (χ4n) is 3.97. The maximum atomic E-state index is 13.7. The van der Waals surface area contributed by atoms with Crippen LogP contribution < -0.4 is 10.6 Å². The zero-order valence-corrected chi connectivity index (χ0v) is 22.1. The molecular formula is C34H26N4O2. The Balaban J connectivity index is 2.01. The second-order valence-electron chi connectivity index (χ2n) is 9.10. The van der Waals surface area contributed by atoms with Crippen molar-refractivity contribution in [2.75, 3.05) is 10.6 Å². The first-order valence-electron chi connectivity index (χ1n) is 12.6. The van der Waals surface area contributed by atoms with Gasteiger partial charge in [0.05, 0.1) is 11.4 Å². The Morgan fingerprint density at radius 1 is 0.525 bits per heavy atom. The molecule has 0 aliphatic carbocycles. The molecule has 0 amide bonds. The number of nitriles is 2. The number of hydrogen-bond acceptors (Lipinski definition) is 6. The SMILES string of the molecule is Cc1ccc(NC(=C(\C#N)C(=O)c2ccccc2)/C(Nc2ccc(C)cc2)=C(/C#N)C(=O)c2ccccc2)cc1. The highest BCUT2D eigenvalue weighted by atomic mass is 16.1. The van der Waals surface area contributed by atoms with Crippen LogP contribution in [0.3, 0.4) is 0 Å². The van der Waals surface area contributed by atoms with Crippen molar-refractivity contribution in [3.8, 4) is 12.1 Å². The van der Waals surface area contributed by atoms with Gasteiger partial charge in [0.15, 0.2) is 0 Å². The number of benzene rings is 4. The van der Waals surface area contributed by atoms with Gasteiger partial charge in [-0.2, -0.15) is 10.5 Å². The lowest BCUT2D eigenvalue weighted by Gasteiger charge is -2.20. The van der Waals surface area contributed by atoms with E-state index in [9.17, 15) is 20.1 Å². The van der Waals surface area contributed by atoms with Gasteiger partial charge in [-0.15, -0.1) is 0 Å². The van der Waals surface area contributed by atoms with Crippen LogP contribution in [0.25, 0.3) is 0 Å². The topological polar surface area (TPSA) is 106 Å². The Morgan fingerprint density at radius 3 is 1.15 bits per heavy atom. The van der Waals surface area contributed by atoms with Crippen LogP contribution in [0.5, 0.6) is 0 Å². The van der Waals surface area contributed by atoms with E-state index in [4.69, 9.17) is 0 Å². The summed E-state index contributed by atoms with van der Waals surface area (Å²) in [6.45, 7) is 3.88. The molecule has 0 aliphatic rings. The predicted molar refractivity (Wildman–Crippen MR) is 156 cm³/mol. The molecule has 6 heteroatoms. The van der Waals surface area contributed by atoms with E-state index in [0.29, 0.717) is 22.5 Å². The molecule has 4 aromatic carbocycles. The van der Waals surface area contributed by atoms with Crippen molar-refractivity contribution in [1.82, 2.24) is 0 Å². The Labute approximate surface area is 233 Å². The number of carbonyl (C=O) groups is 2. The third-order valence-electron chi connectivity index (χ3n) is 6.14. The quantitative estimate of drug-likeness (QED) is 0.105. The third-order valence-corrected chi connectivity index (χ3v) is 6.14. The van der Waals surface area contributed by atoms with E-state index in [1.54, 1.807) is 84.9 Å². The Bertz CT molecular complexity index is 1540. The van der Waals surface area contributed by atoms with E-state index in [2.05, 4.69) is 10.6 Å². The fraction of sp³-hybridized carbons (Fsp3) is 0.0588. The molecule has 0 atom stereocenters. The minimum Gasteiger partial charge on any atom is -0.353 e. The Morgan fingerprint density at radius 2 is 0.850 bits per heavy atom. The van der Waals surface area contributed by atoms with Crippen LogP contribution in [0.2, 0.25) is 0 Å². The molecule has 0 aliphatic heterocycles. The van der Waals surface area contributed by atoms with Crippen LogP contribution in [0.15, 0.2) is 132 Å². The van der Waals surface area contributed by atoms with E-state index >= 15 is 0 Å². The van der Waals surface area contributed by atoms with Gasteiger partial charge in [0, 0.05) is 22.5 Å². The highest BCUT2D eigenvalue weighted by Gasteiger charge is 2.26. The molecule has 40 heavy (non-hydrogen) atoms. The third kappa shape index (κ3) is 6.39. The average molecular weight is 523 g/mol. The average Bonchev–Trinajstić information content (AvgIpc) is 2.99. The summed E-state index contributed by atoms with van der Waals surface area (Å²) in [6, 6.07) is 35.6. The number of allylic oxidation sites excluding steroid dienone is 2. The largest absolute Gasteiger partial charge is 0.353 e. The van der Waals surface area contributed by atoms with Crippen molar-refractivity contribution < 1.29 is 9.59 Å². The summed E-state index contributed by atoms with van der Waals surface area (Å²) < 4.78 is 0. The number of ketones is 2. The summed E-state index contributed by atoms with van der Waals surface area (Å²) in [4.78, 5) is 27.4. The van der Waals surface area contributed by atoms with Crippen LogP contribution in [0.4, 0.5) is 11.4 Å². The summed E-state index contributed by atoms with van der Waals surface area (Å²) in [6.07, 6.45) is 0. The molecule has 6 nitrogen and oxygen atoms in total. The maximum Gasteiger partial charge on any atom is 0.205 e. The van der Waals surface area contributed by atoms with Gasteiger partial charge in [-0.25, -0.2) is 0 Å². The van der Waals surface area contributed by atoms with E-state index in [-0.39, 0.29) is 22.5 Å². The van der Waals surface area contributed by atoms with Gasteiger partial charge in [0.2, 0.25) is 11.6 Å². The van der Waals surface area contributed by atoms with Crippen molar-refractivity contribution in [2.45, 2.75) is 13.8 Å². The first-order valence-corrected chi connectivity index (χ1v) is 12.6. The van der Waals surface area contributed by atoms with Gasteiger partial charge < -0.3 is 10.6 Å². The number of carbonyl (C=O) groups excluding carboxylic acids is 2. The lowest BCUT2D eigenvalue weighted by molar-refractivity contribution is 0.102. The van der Waals surface area contributed by atoms with E-state index in [1.807, 2.05) is 50.3 Å². The number of rotatable bonds is 9. The summed E-state index contributed by atoms with van der Waals surface area (Å²) in [7, 11) is 0. The smallest absolute Gasteiger partial charge is 0.205 e. The van der Waals surface area contributed by atoms with Gasteiger partial charge >= 0.3 is 0 Å². The fourth-order valence-corrected chi connectivity index (χ4v) is 3.97. The number of nitrogens with one attached hydrogen (secondary N) is 2. The van der Waals surface area contributed by atoms with Crippen LogP contribution in [0, 0.1) is 36.5 Å². The van der Waals surface area contributed by atoms with Crippen molar-refractivity contribution in [3.05, 3.63) is 154 Å². The van der Waals surface area contributed by atoms with Crippen molar-refractivity contribution in [3.63, 3.8) is 0 Å². The van der Waals surface area contributed by atoms with Crippen LogP contribution >= 0.6 is 0 Å². The molecule has 0 unspecified atom stereocenters. The van der Waals surface area contributed by atoms with Crippen LogP contribution in [-0.4, -0.2) is 11.6 Å².